The van der Waals surface area contributed by atoms with Crippen molar-refractivity contribution < 1.29 is 17.7 Å². The number of anilines is 1. The normalized spacial score (nSPS) is 13.0. The Balaban J connectivity index is 1.89. The molecule has 0 saturated carbocycles. The third-order valence-electron chi connectivity index (χ3n) is 3.24. The van der Waals surface area contributed by atoms with E-state index in [1.165, 1.54) is 6.07 Å². The van der Waals surface area contributed by atoms with Crippen molar-refractivity contribution in [1.29, 1.82) is 0 Å². The second kappa shape index (κ2) is 5.95. The molecule has 3 aromatic heterocycles. The zero-order chi connectivity index (χ0) is 17.3. The summed E-state index contributed by atoms with van der Waals surface area (Å²) >= 11 is 0. The zero-order valence-electron chi connectivity index (χ0n) is 12.7. The molecule has 1 N–H and O–H groups in total. The number of aryl methyl sites for hydroxylation is 2. The maximum absolute atomic E-state index is 12.6. The van der Waals surface area contributed by atoms with Gasteiger partial charge in [-0.1, -0.05) is 5.16 Å². The Morgan fingerprint density at radius 2 is 2.04 bits per heavy atom. The van der Waals surface area contributed by atoms with Gasteiger partial charge >= 0.3 is 6.18 Å². The van der Waals surface area contributed by atoms with Gasteiger partial charge in [0.1, 0.15) is 11.9 Å². The molecule has 0 aliphatic heterocycles. The van der Waals surface area contributed by atoms with Crippen LogP contribution in [0.15, 0.2) is 35.2 Å². The fraction of sp³-hybridized carbons (Fsp3) is 0.286. The lowest BCUT2D eigenvalue weighted by molar-refractivity contribution is -0.137. The maximum atomic E-state index is 12.6. The van der Waals surface area contributed by atoms with Crippen molar-refractivity contribution in [3.63, 3.8) is 0 Å². The van der Waals surface area contributed by atoms with Gasteiger partial charge in [-0.15, -0.1) is 0 Å². The highest BCUT2D eigenvalue weighted by Crippen LogP contribution is 2.30. The molecule has 0 fully saturated rings. The molecular formula is C14H13F3N6O. The van der Waals surface area contributed by atoms with Gasteiger partial charge in [-0.25, -0.2) is 4.98 Å². The molecule has 10 heteroatoms. The van der Waals surface area contributed by atoms with E-state index in [1.807, 2.05) is 0 Å². The summed E-state index contributed by atoms with van der Waals surface area (Å²) in [6.07, 6.45) is -0.315. The number of nitrogens with one attached hydrogen (secondary N) is 1. The van der Waals surface area contributed by atoms with E-state index < -0.39 is 17.8 Å². The summed E-state index contributed by atoms with van der Waals surface area (Å²) in [6, 6.07) is 1.65. The average Bonchev–Trinajstić information content (AvgIpc) is 3.13. The van der Waals surface area contributed by atoms with Gasteiger partial charge in [-0.3, -0.25) is 4.68 Å². The summed E-state index contributed by atoms with van der Waals surface area (Å²) in [5, 5.41) is 10.9. The number of rotatable bonds is 4. The molecule has 0 bridgehead atoms. The van der Waals surface area contributed by atoms with Crippen LogP contribution in [0.25, 0.3) is 0 Å². The molecule has 0 unspecified atom stereocenters. The highest BCUT2D eigenvalue weighted by atomic mass is 19.4. The van der Waals surface area contributed by atoms with Crippen molar-refractivity contribution in [2.75, 3.05) is 5.32 Å². The number of pyridine rings is 1. The Bertz CT molecular complexity index is 783. The van der Waals surface area contributed by atoms with Gasteiger partial charge in [0.25, 0.3) is 0 Å². The SMILES string of the molecule is Cc1nc([C@@H](Nc2ccc(C(F)(F)F)cn2)c2cnn(C)c2)no1. The lowest BCUT2D eigenvalue weighted by Crippen LogP contribution is -2.15. The fourth-order valence-corrected chi connectivity index (χ4v) is 2.11. The quantitative estimate of drug-likeness (QED) is 0.788. The van der Waals surface area contributed by atoms with Gasteiger partial charge in [-0.2, -0.15) is 23.3 Å². The molecule has 7 nitrogen and oxygen atoms in total. The van der Waals surface area contributed by atoms with Gasteiger partial charge in [0.05, 0.1) is 11.8 Å². The van der Waals surface area contributed by atoms with E-state index in [-0.39, 0.29) is 5.82 Å². The highest BCUT2D eigenvalue weighted by molar-refractivity contribution is 5.41. The smallest absolute Gasteiger partial charge is 0.356 e. The molecule has 0 saturated heterocycles. The third kappa shape index (κ3) is 3.36. The Labute approximate surface area is 134 Å². The number of aromatic nitrogens is 5. The van der Waals surface area contributed by atoms with E-state index in [0.29, 0.717) is 11.7 Å². The van der Waals surface area contributed by atoms with Gasteiger partial charge in [-0.05, 0) is 12.1 Å². The molecule has 3 heterocycles. The minimum absolute atomic E-state index is 0.249. The summed E-state index contributed by atoms with van der Waals surface area (Å²) in [6.45, 7) is 1.65. The van der Waals surface area contributed by atoms with Crippen LogP contribution in [0.1, 0.15) is 28.9 Å². The molecule has 24 heavy (non-hydrogen) atoms. The lowest BCUT2D eigenvalue weighted by Gasteiger charge is -2.15. The van der Waals surface area contributed by atoms with Crippen molar-refractivity contribution >= 4 is 5.82 Å². The number of halogens is 3. The second-order valence-corrected chi connectivity index (χ2v) is 5.13. The Kier molecular flexibility index (Phi) is 3.96. The first-order valence-corrected chi connectivity index (χ1v) is 6.91. The van der Waals surface area contributed by atoms with Gasteiger partial charge in [0.15, 0.2) is 5.82 Å². The molecular weight excluding hydrogens is 325 g/mol. The largest absolute Gasteiger partial charge is 0.417 e. The van der Waals surface area contributed by atoms with E-state index in [4.69, 9.17) is 4.52 Å². The van der Waals surface area contributed by atoms with E-state index in [2.05, 4.69) is 25.5 Å². The van der Waals surface area contributed by atoms with Gasteiger partial charge < -0.3 is 9.84 Å². The zero-order valence-corrected chi connectivity index (χ0v) is 12.7. The van der Waals surface area contributed by atoms with Gasteiger partial charge in [0, 0.05) is 31.9 Å². The van der Waals surface area contributed by atoms with Crippen LogP contribution < -0.4 is 5.32 Å². The van der Waals surface area contributed by atoms with Crippen LogP contribution in [-0.2, 0) is 13.2 Å². The first-order chi connectivity index (χ1) is 11.3. The highest BCUT2D eigenvalue weighted by Gasteiger charge is 2.31. The maximum Gasteiger partial charge on any atom is 0.417 e. The van der Waals surface area contributed by atoms with Crippen LogP contribution in [0.3, 0.4) is 0 Å². The minimum atomic E-state index is -4.43. The Morgan fingerprint density at radius 1 is 1.25 bits per heavy atom. The van der Waals surface area contributed by atoms with Crippen molar-refractivity contribution in [1.82, 2.24) is 24.9 Å². The third-order valence-corrected chi connectivity index (χ3v) is 3.24. The predicted octanol–water partition coefficient (Wildman–Crippen LogP) is 2.73. The fourth-order valence-electron chi connectivity index (χ4n) is 2.11. The standard InChI is InChI=1S/C14H13F3N6O/c1-8-20-13(22-24-8)12(9-5-19-23(2)7-9)21-11-4-3-10(6-18-11)14(15,16)17/h3-7,12H,1-2H3,(H,18,21)/t12-/m0/s1. The van der Waals surface area contributed by atoms with E-state index in [1.54, 1.807) is 31.0 Å². The van der Waals surface area contributed by atoms with E-state index >= 15 is 0 Å². The molecule has 3 aromatic rings. The number of nitrogens with zero attached hydrogens (tertiary/aromatic N) is 5. The minimum Gasteiger partial charge on any atom is -0.356 e. The topological polar surface area (TPSA) is 81.7 Å². The predicted molar refractivity (Wildman–Crippen MR) is 76.9 cm³/mol. The monoisotopic (exact) mass is 338 g/mol. The molecule has 126 valence electrons. The van der Waals surface area contributed by atoms with Gasteiger partial charge in [0.2, 0.25) is 5.89 Å². The Morgan fingerprint density at radius 3 is 2.54 bits per heavy atom. The summed E-state index contributed by atoms with van der Waals surface area (Å²) in [5.74, 6) is 0.961. The van der Waals surface area contributed by atoms with Crippen molar-refractivity contribution in [3.05, 3.63) is 53.6 Å². The Hall–Kier alpha value is -2.91. The van der Waals surface area contributed by atoms with Crippen molar-refractivity contribution in [3.8, 4) is 0 Å². The van der Waals surface area contributed by atoms with Crippen molar-refractivity contribution in [2.24, 2.45) is 7.05 Å². The average molecular weight is 338 g/mol. The first-order valence-electron chi connectivity index (χ1n) is 6.91. The van der Waals surface area contributed by atoms with E-state index in [0.717, 1.165) is 17.8 Å². The van der Waals surface area contributed by atoms with Crippen LogP contribution in [-0.4, -0.2) is 24.9 Å². The van der Waals surface area contributed by atoms with Crippen LogP contribution in [0.2, 0.25) is 0 Å². The number of hydrogen-bond donors (Lipinski definition) is 1. The van der Waals surface area contributed by atoms with Crippen LogP contribution in [0, 0.1) is 6.92 Å². The summed E-state index contributed by atoms with van der Waals surface area (Å²) in [4.78, 5) is 7.97. The molecule has 0 radical (unpaired) electrons. The van der Waals surface area contributed by atoms with Crippen molar-refractivity contribution in [2.45, 2.75) is 19.1 Å². The molecule has 1 atom stereocenters. The molecule has 0 aliphatic rings. The molecule has 0 spiro atoms. The summed E-state index contributed by atoms with van der Waals surface area (Å²) < 4.78 is 44.4. The molecule has 0 aliphatic carbocycles. The summed E-state index contributed by atoms with van der Waals surface area (Å²) in [7, 11) is 1.75. The van der Waals surface area contributed by atoms with Crippen LogP contribution in [0.4, 0.5) is 19.0 Å². The number of alkyl halides is 3. The van der Waals surface area contributed by atoms with E-state index in [9.17, 15) is 13.2 Å². The first kappa shape index (κ1) is 16.0. The molecule has 0 amide bonds. The van der Waals surface area contributed by atoms with Crippen LogP contribution in [0.5, 0.6) is 0 Å². The molecule has 0 aromatic carbocycles. The second-order valence-electron chi connectivity index (χ2n) is 5.13. The molecule has 3 rings (SSSR count). The number of hydrogen-bond acceptors (Lipinski definition) is 6. The van der Waals surface area contributed by atoms with Crippen LogP contribution >= 0.6 is 0 Å². The lowest BCUT2D eigenvalue weighted by atomic mass is 10.1. The summed E-state index contributed by atoms with van der Waals surface area (Å²) in [5.41, 5.74) is -0.0959.